The van der Waals surface area contributed by atoms with E-state index in [-0.39, 0.29) is 13.2 Å². The van der Waals surface area contributed by atoms with Gasteiger partial charge in [0, 0.05) is 5.41 Å². The van der Waals surface area contributed by atoms with Crippen LogP contribution in [0.25, 0.3) is 0 Å². The van der Waals surface area contributed by atoms with Crippen LogP contribution in [0.15, 0.2) is 24.3 Å². The Balaban J connectivity index is 2.95. The number of aliphatic hydroxyl groups excluding tert-OH is 2. The summed E-state index contributed by atoms with van der Waals surface area (Å²) in [5.74, 6) is 0.770. The summed E-state index contributed by atoms with van der Waals surface area (Å²) in [5, 5.41) is 18.3. The zero-order valence-corrected chi connectivity index (χ0v) is 8.53. The van der Waals surface area contributed by atoms with Crippen molar-refractivity contribution in [1.29, 1.82) is 0 Å². The fraction of sp³-hybridized carbons (Fsp3) is 0.455. The second-order valence-electron chi connectivity index (χ2n) is 3.61. The first kappa shape index (κ1) is 11.0. The van der Waals surface area contributed by atoms with Gasteiger partial charge in [-0.2, -0.15) is 0 Å². The summed E-state index contributed by atoms with van der Waals surface area (Å²) < 4.78 is 5.02. The highest BCUT2D eigenvalue weighted by molar-refractivity contribution is 5.32. The van der Waals surface area contributed by atoms with Crippen molar-refractivity contribution < 1.29 is 14.9 Å². The molecule has 0 fully saturated rings. The van der Waals surface area contributed by atoms with Gasteiger partial charge in [-0.3, -0.25) is 0 Å². The number of rotatable bonds is 4. The van der Waals surface area contributed by atoms with Gasteiger partial charge in [-0.05, 0) is 17.7 Å². The Morgan fingerprint density at radius 1 is 1.14 bits per heavy atom. The molecule has 0 heterocycles. The van der Waals surface area contributed by atoms with Gasteiger partial charge in [0.2, 0.25) is 0 Å². The Bertz CT molecular complexity index is 275. The molecule has 2 N–H and O–H groups in total. The summed E-state index contributed by atoms with van der Waals surface area (Å²) in [7, 11) is 1.60. The van der Waals surface area contributed by atoms with E-state index >= 15 is 0 Å². The predicted molar refractivity (Wildman–Crippen MR) is 54.5 cm³/mol. The topological polar surface area (TPSA) is 49.7 Å². The average molecular weight is 196 g/mol. The van der Waals surface area contributed by atoms with E-state index in [4.69, 9.17) is 4.74 Å². The molecule has 3 heteroatoms. The molecule has 1 rings (SSSR count). The quantitative estimate of drug-likeness (QED) is 0.753. The fourth-order valence-corrected chi connectivity index (χ4v) is 1.23. The molecule has 1 aromatic rings. The lowest BCUT2D eigenvalue weighted by Gasteiger charge is -2.25. The van der Waals surface area contributed by atoms with Gasteiger partial charge in [-0.25, -0.2) is 0 Å². The molecule has 0 spiro atoms. The summed E-state index contributed by atoms with van der Waals surface area (Å²) in [6, 6.07) is 7.34. The van der Waals surface area contributed by atoms with Gasteiger partial charge in [-0.1, -0.05) is 19.1 Å². The first-order chi connectivity index (χ1) is 6.66. The first-order valence-electron chi connectivity index (χ1n) is 4.52. The van der Waals surface area contributed by atoms with E-state index < -0.39 is 5.41 Å². The maximum absolute atomic E-state index is 9.17. The summed E-state index contributed by atoms with van der Waals surface area (Å²) in [6.45, 7) is 1.67. The highest BCUT2D eigenvalue weighted by Crippen LogP contribution is 2.24. The van der Waals surface area contributed by atoms with E-state index in [0.717, 1.165) is 11.3 Å². The van der Waals surface area contributed by atoms with Gasteiger partial charge in [0.25, 0.3) is 0 Å². The number of ether oxygens (including phenoxy) is 1. The largest absolute Gasteiger partial charge is 0.497 e. The van der Waals surface area contributed by atoms with Gasteiger partial charge in [0.15, 0.2) is 0 Å². The maximum Gasteiger partial charge on any atom is 0.118 e. The number of hydrogen-bond acceptors (Lipinski definition) is 3. The van der Waals surface area contributed by atoms with E-state index in [0.29, 0.717) is 0 Å². The molecule has 0 amide bonds. The Kier molecular flexibility index (Phi) is 3.49. The molecule has 0 bridgehead atoms. The van der Waals surface area contributed by atoms with E-state index in [1.807, 2.05) is 31.2 Å². The van der Waals surface area contributed by atoms with Crippen LogP contribution in [0.1, 0.15) is 12.5 Å². The molecule has 0 aromatic heterocycles. The summed E-state index contributed by atoms with van der Waals surface area (Å²) in [5.41, 5.74) is 0.329. The van der Waals surface area contributed by atoms with Crippen LogP contribution in [-0.4, -0.2) is 30.5 Å². The molecule has 0 aliphatic rings. The Labute approximate surface area is 84.0 Å². The molecule has 0 aliphatic heterocycles. The zero-order chi connectivity index (χ0) is 10.6. The lowest BCUT2D eigenvalue weighted by atomic mass is 9.84. The molecule has 1 aromatic carbocycles. The molecule has 0 atom stereocenters. The van der Waals surface area contributed by atoms with Crippen LogP contribution in [0.2, 0.25) is 0 Å². The molecule has 0 saturated carbocycles. The van der Waals surface area contributed by atoms with Gasteiger partial charge < -0.3 is 14.9 Å². The van der Waals surface area contributed by atoms with Crippen LogP contribution in [0, 0.1) is 0 Å². The van der Waals surface area contributed by atoms with Crippen LogP contribution >= 0.6 is 0 Å². The Morgan fingerprint density at radius 3 is 2.00 bits per heavy atom. The van der Waals surface area contributed by atoms with Crippen molar-refractivity contribution >= 4 is 0 Å². The van der Waals surface area contributed by atoms with Crippen LogP contribution in [0.3, 0.4) is 0 Å². The average Bonchev–Trinajstić information content (AvgIpc) is 2.28. The van der Waals surface area contributed by atoms with Gasteiger partial charge >= 0.3 is 0 Å². The van der Waals surface area contributed by atoms with Crippen molar-refractivity contribution in [3.05, 3.63) is 29.8 Å². The van der Waals surface area contributed by atoms with E-state index in [2.05, 4.69) is 0 Å². The third-order valence-electron chi connectivity index (χ3n) is 2.48. The Morgan fingerprint density at radius 2 is 1.64 bits per heavy atom. The fourth-order valence-electron chi connectivity index (χ4n) is 1.23. The van der Waals surface area contributed by atoms with Crippen LogP contribution < -0.4 is 4.74 Å². The lowest BCUT2D eigenvalue weighted by Crippen LogP contribution is -2.30. The van der Waals surface area contributed by atoms with Crippen molar-refractivity contribution in [3.63, 3.8) is 0 Å². The number of methoxy groups -OCH3 is 1. The highest BCUT2D eigenvalue weighted by Gasteiger charge is 2.24. The van der Waals surface area contributed by atoms with Crippen molar-refractivity contribution in [3.8, 4) is 5.75 Å². The highest BCUT2D eigenvalue weighted by atomic mass is 16.5. The molecule has 3 nitrogen and oxygen atoms in total. The second kappa shape index (κ2) is 4.44. The summed E-state index contributed by atoms with van der Waals surface area (Å²) >= 11 is 0. The van der Waals surface area contributed by atoms with Gasteiger partial charge in [0.05, 0.1) is 20.3 Å². The smallest absolute Gasteiger partial charge is 0.118 e. The SMILES string of the molecule is COc1ccc(C(C)(CO)CO)cc1. The third kappa shape index (κ3) is 2.05. The van der Waals surface area contributed by atoms with Gasteiger partial charge in [-0.15, -0.1) is 0 Å². The minimum atomic E-state index is -0.577. The molecule has 0 saturated heterocycles. The van der Waals surface area contributed by atoms with Gasteiger partial charge in [0.1, 0.15) is 5.75 Å². The summed E-state index contributed by atoms with van der Waals surface area (Å²) in [4.78, 5) is 0. The first-order valence-corrected chi connectivity index (χ1v) is 4.52. The second-order valence-corrected chi connectivity index (χ2v) is 3.61. The van der Waals surface area contributed by atoms with Crippen LogP contribution in [-0.2, 0) is 5.41 Å². The molecular weight excluding hydrogens is 180 g/mol. The third-order valence-corrected chi connectivity index (χ3v) is 2.48. The van der Waals surface area contributed by atoms with E-state index in [1.54, 1.807) is 7.11 Å². The lowest BCUT2D eigenvalue weighted by molar-refractivity contribution is 0.129. The number of hydrogen-bond donors (Lipinski definition) is 2. The van der Waals surface area contributed by atoms with E-state index in [1.165, 1.54) is 0 Å². The molecule has 0 aliphatic carbocycles. The van der Waals surface area contributed by atoms with Crippen molar-refractivity contribution in [2.24, 2.45) is 0 Å². The van der Waals surface area contributed by atoms with Crippen molar-refractivity contribution in [2.75, 3.05) is 20.3 Å². The van der Waals surface area contributed by atoms with Crippen LogP contribution in [0.5, 0.6) is 5.75 Å². The van der Waals surface area contributed by atoms with Crippen molar-refractivity contribution in [2.45, 2.75) is 12.3 Å². The van der Waals surface area contributed by atoms with Crippen molar-refractivity contribution in [1.82, 2.24) is 0 Å². The summed E-state index contributed by atoms with van der Waals surface area (Å²) in [6.07, 6.45) is 0. The minimum Gasteiger partial charge on any atom is -0.497 e. The maximum atomic E-state index is 9.17. The zero-order valence-electron chi connectivity index (χ0n) is 8.53. The molecule has 0 radical (unpaired) electrons. The Hall–Kier alpha value is -1.06. The molecule has 0 unspecified atom stereocenters. The standard InChI is InChI=1S/C11H16O3/c1-11(7-12,8-13)9-3-5-10(14-2)6-4-9/h3-6,12-13H,7-8H2,1-2H3. The molecule has 78 valence electrons. The number of aliphatic hydroxyl groups is 2. The predicted octanol–water partition coefficient (Wildman–Crippen LogP) is 0.938. The minimum absolute atomic E-state index is 0.0736. The monoisotopic (exact) mass is 196 g/mol. The number of benzene rings is 1. The molecule has 14 heavy (non-hydrogen) atoms. The van der Waals surface area contributed by atoms with Crippen LogP contribution in [0.4, 0.5) is 0 Å². The normalized spacial score (nSPS) is 11.4. The molecular formula is C11H16O3. The van der Waals surface area contributed by atoms with E-state index in [9.17, 15) is 10.2 Å².